The van der Waals surface area contributed by atoms with Crippen LogP contribution in [0.4, 0.5) is 4.79 Å². The van der Waals surface area contributed by atoms with Crippen LogP contribution < -0.4 is 10.6 Å². The first-order valence-electron chi connectivity index (χ1n) is 6.87. The van der Waals surface area contributed by atoms with Crippen LogP contribution in [0.15, 0.2) is 30.3 Å². The molecule has 1 rings (SSSR count). The van der Waals surface area contributed by atoms with E-state index in [-0.39, 0.29) is 6.61 Å². The number of hydrogen-bond donors (Lipinski definition) is 2. The molecule has 24 heavy (non-hydrogen) atoms. The number of amides is 2. The Labute approximate surface area is 138 Å². The van der Waals surface area contributed by atoms with Crippen LogP contribution in [0.1, 0.15) is 5.56 Å². The van der Waals surface area contributed by atoms with E-state index in [1.54, 1.807) is 24.3 Å². The van der Waals surface area contributed by atoms with Crippen molar-refractivity contribution in [2.45, 2.75) is 12.6 Å². The number of rotatable bonds is 7. The van der Waals surface area contributed by atoms with E-state index in [9.17, 15) is 19.2 Å². The van der Waals surface area contributed by atoms with E-state index < -0.39 is 36.5 Å². The minimum absolute atomic E-state index is 0.0429. The Morgan fingerprint density at radius 1 is 1.00 bits per heavy atom. The summed E-state index contributed by atoms with van der Waals surface area (Å²) >= 11 is 0. The molecule has 0 spiro atoms. The van der Waals surface area contributed by atoms with Crippen LogP contribution in [-0.2, 0) is 35.2 Å². The van der Waals surface area contributed by atoms with Gasteiger partial charge in [0.15, 0.2) is 0 Å². The monoisotopic (exact) mass is 338 g/mol. The van der Waals surface area contributed by atoms with Gasteiger partial charge in [0.1, 0.15) is 13.2 Å². The SMILES string of the molecule is COC(=O)C(NC(=O)CNC(=O)OCc1ccccc1)C(=O)OC. The van der Waals surface area contributed by atoms with Gasteiger partial charge in [0.25, 0.3) is 0 Å². The number of hydrogen-bond acceptors (Lipinski definition) is 7. The fourth-order valence-electron chi connectivity index (χ4n) is 1.59. The Bertz CT molecular complexity index is 573. The van der Waals surface area contributed by atoms with Crippen molar-refractivity contribution in [3.63, 3.8) is 0 Å². The second-order valence-corrected chi connectivity index (χ2v) is 4.46. The van der Waals surface area contributed by atoms with Gasteiger partial charge >= 0.3 is 18.0 Å². The predicted octanol–water partition coefficient (Wildman–Crippen LogP) is -0.256. The van der Waals surface area contributed by atoms with Crippen LogP contribution in [0.3, 0.4) is 0 Å². The molecule has 0 atom stereocenters. The van der Waals surface area contributed by atoms with Crippen LogP contribution in [0.2, 0.25) is 0 Å². The highest BCUT2D eigenvalue weighted by Gasteiger charge is 2.30. The minimum atomic E-state index is -1.60. The number of carbonyl (C=O) groups excluding carboxylic acids is 4. The lowest BCUT2D eigenvalue weighted by Gasteiger charge is -2.14. The first-order valence-corrected chi connectivity index (χ1v) is 6.87. The maximum Gasteiger partial charge on any atom is 0.407 e. The zero-order valence-corrected chi connectivity index (χ0v) is 13.2. The normalized spacial score (nSPS) is 9.79. The lowest BCUT2D eigenvalue weighted by molar-refractivity contribution is -0.156. The molecule has 9 nitrogen and oxygen atoms in total. The molecule has 1 aromatic rings. The highest BCUT2D eigenvalue weighted by atomic mass is 16.6. The number of esters is 2. The molecule has 0 aromatic heterocycles. The smallest absolute Gasteiger partial charge is 0.407 e. The van der Waals surface area contributed by atoms with Gasteiger partial charge < -0.3 is 24.8 Å². The molecular weight excluding hydrogens is 320 g/mol. The summed E-state index contributed by atoms with van der Waals surface area (Å²) < 4.78 is 13.7. The van der Waals surface area contributed by atoms with E-state index >= 15 is 0 Å². The summed E-state index contributed by atoms with van der Waals surface area (Å²) in [7, 11) is 2.12. The molecule has 0 saturated heterocycles. The number of benzene rings is 1. The summed E-state index contributed by atoms with van der Waals surface area (Å²) in [6.45, 7) is -0.445. The van der Waals surface area contributed by atoms with Gasteiger partial charge in [-0.1, -0.05) is 30.3 Å². The molecule has 2 N–H and O–H groups in total. The van der Waals surface area contributed by atoms with E-state index in [0.29, 0.717) is 0 Å². The highest BCUT2D eigenvalue weighted by molar-refractivity contribution is 6.02. The number of nitrogens with one attached hydrogen (secondary N) is 2. The van der Waals surface area contributed by atoms with E-state index in [1.165, 1.54) is 0 Å². The molecule has 0 bridgehead atoms. The van der Waals surface area contributed by atoms with Crippen LogP contribution in [-0.4, -0.2) is 50.7 Å². The van der Waals surface area contributed by atoms with Crippen molar-refractivity contribution in [2.24, 2.45) is 0 Å². The third-order valence-electron chi connectivity index (χ3n) is 2.79. The molecule has 1 aromatic carbocycles. The molecule has 0 fully saturated rings. The molecule has 0 aliphatic rings. The van der Waals surface area contributed by atoms with Gasteiger partial charge in [0.2, 0.25) is 11.9 Å². The van der Waals surface area contributed by atoms with Gasteiger partial charge in [0, 0.05) is 0 Å². The molecule has 0 radical (unpaired) electrons. The molecule has 0 aliphatic heterocycles. The van der Waals surface area contributed by atoms with Gasteiger partial charge in [-0.2, -0.15) is 0 Å². The maximum atomic E-state index is 11.7. The zero-order valence-electron chi connectivity index (χ0n) is 13.2. The van der Waals surface area contributed by atoms with Crippen molar-refractivity contribution < 1.29 is 33.4 Å². The van der Waals surface area contributed by atoms with Crippen LogP contribution in [0.25, 0.3) is 0 Å². The first kappa shape index (κ1) is 18.9. The van der Waals surface area contributed by atoms with E-state index in [2.05, 4.69) is 20.1 Å². The van der Waals surface area contributed by atoms with Crippen molar-refractivity contribution >= 4 is 23.9 Å². The average Bonchev–Trinajstić information content (AvgIpc) is 2.62. The first-order chi connectivity index (χ1) is 11.5. The molecule has 0 aliphatic carbocycles. The van der Waals surface area contributed by atoms with Crippen molar-refractivity contribution in [3.8, 4) is 0 Å². The Morgan fingerprint density at radius 3 is 2.12 bits per heavy atom. The summed E-state index contributed by atoms with van der Waals surface area (Å²) in [5.41, 5.74) is 0.786. The fraction of sp³-hybridized carbons (Fsp3) is 0.333. The zero-order chi connectivity index (χ0) is 17.9. The Kier molecular flexibility index (Phi) is 7.76. The number of methoxy groups -OCH3 is 2. The average molecular weight is 338 g/mol. The lowest BCUT2D eigenvalue weighted by atomic mass is 10.2. The third-order valence-corrected chi connectivity index (χ3v) is 2.79. The quantitative estimate of drug-likeness (QED) is 0.399. The molecule has 0 unspecified atom stereocenters. The van der Waals surface area contributed by atoms with Gasteiger partial charge in [-0.25, -0.2) is 14.4 Å². The summed E-state index contributed by atoms with van der Waals surface area (Å²) in [6.07, 6.45) is -0.818. The van der Waals surface area contributed by atoms with Gasteiger partial charge in [-0.3, -0.25) is 4.79 Å². The van der Waals surface area contributed by atoms with Crippen LogP contribution >= 0.6 is 0 Å². The van der Waals surface area contributed by atoms with Crippen LogP contribution in [0.5, 0.6) is 0 Å². The summed E-state index contributed by atoms with van der Waals surface area (Å²) in [4.78, 5) is 46.0. The maximum absolute atomic E-state index is 11.7. The van der Waals surface area contributed by atoms with Gasteiger partial charge in [0.05, 0.1) is 14.2 Å². The van der Waals surface area contributed by atoms with Gasteiger partial charge in [-0.15, -0.1) is 0 Å². The molecule has 130 valence electrons. The molecule has 9 heteroatoms. The summed E-state index contributed by atoms with van der Waals surface area (Å²) in [6, 6.07) is 7.37. The molecule has 0 saturated carbocycles. The number of ether oxygens (including phenoxy) is 3. The largest absolute Gasteiger partial charge is 0.467 e. The van der Waals surface area contributed by atoms with E-state index in [4.69, 9.17) is 4.74 Å². The molecule has 2 amide bonds. The third kappa shape index (κ3) is 6.34. The molecular formula is C15H18N2O7. The second-order valence-electron chi connectivity index (χ2n) is 4.46. The highest BCUT2D eigenvalue weighted by Crippen LogP contribution is 2.00. The fourth-order valence-corrected chi connectivity index (χ4v) is 1.59. The lowest BCUT2D eigenvalue weighted by Crippen LogP contribution is -2.50. The predicted molar refractivity (Wildman–Crippen MR) is 80.6 cm³/mol. The minimum Gasteiger partial charge on any atom is -0.467 e. The topological polar surface area (TPSA) is 120 Å². The van der Waals surface area contributed by atoms with Crippen LogP contribution in [0, 0.1) is 0 Å². The summed E-state index contributed by atoms with van der Waals surface area (Å²) in [5, 5.41) is 4.28. The number of alkyl carbamates (subject to hydrolysis) is 1. The Hall–Kier alpha value is -3.10. The standard InChI is InChI=1S/C15H18N2O7/c1-22-13(19)12(14(20)23-2)17-11(18)8-16-15(21)24-9-10-6-4-3-5-7-10/h3-7,12H,8-9H2,1-2H3,(H,16,21)(H,17,18). The Balaban J connectivity index is 2.39. The molecule has 0 heterocycles. The van der Waals surface area contributed by atoms with Gasteiger partial charge in [-0.05, 0) is 5.56 Å². The van der Waals surface area contributed by atoms with Crippen molar-refractivity contribution in [2.75, 3.05) is 20.8 Å². The summed E-state index contributed by atoms with van der Waals surface area (Å²) in [5.74, 6) is -2.75. The van der Waals surface area contributed by atoms with Crippen molar-refractivity contribution in [1.29, 1.82) is 0 Å². The second kappa shape index (κ2) is 9.82. The van der Waals surface area contributed by atoms with Crippen molar-refractivity contribution in [1.82, 2.24) is 10.6 Å². The number of carbonyl (C=O) groups is 4. The Morgan fingerprint density at radius 2 is 1.58 bits per heavy atom. The van der Waals surface area contributed by atoms with E-state index in [0.717, 1.165) is 19.8 Å². The van der Waals surface area contributed by atoms with Crippen molar-refractivity contribution in [3.05, 3.63) is 35.9 Å². The van der Waals surface area contributed by atoms with E-state index in [1.807, 2.05) is 6.07 Å².